The van der Waals surface area contributed by atoms with E-state index in [-0.39, 0.29) is 26.1 Å². The summed E-state index contributed by atoms with van der Waals surface area (Å²) in [5.74, 6) is -2.41. The van der Waals surface area contributed by atoms with Gasteiger partial charge in [-0.25, -0.2) is 0 Å². The molecule has 0 aromatic heterocycles. The zero-order chi connectivity index (χ0) is 35.8. The number of amides is 2. The number of carbonyl (C=O) groups is 3. The van der Waals surface area contributed by atoms with Gasteiger partial charge >= 0.3 is 5.97 Å². The molecule has 3 unspecified atom stereocenters. The fraction of sp³-hybridized carbons (Fsp3) is 0.564. The Hall–Kier alpha value is -3.69. The molecule has 6 fully saturated rings. The Labute approximate surface area is 301 Å². The summed E-state index contributed by atoms with van der Waals surface area (Å²) in [6.07, 6.45) is 5.19. The Kier molecular flexibility index (Phi) is 8.53. The molecule has 276 valence electrons. The molecule has 0 radical (unpaired) electrons. The van der Waals surface area contributed by atoms with Gasteiger partial charge in [-0.05, 0) is 54.4 Å². The molecule has 2 bridgehead atoms. The van der Waals surface area contributed by atoms with E-state index in [9.17, 15) is 24.6 Å². The second kappa shape index (κ2) is 13.0. The van der Waals surface area contributed by atoms with E-state index in [1.807, 2.05) is 48.5 Å². The number of aliphatic hydroxyl groups excluding tert-OH is 2. The third-order valence-corrected chi connectivity index (χ3v) is 12.1. The second-order valence-electron chi connectivity index (χ2n) is 15.5. The number of esters is 1. The van der Waals surface area contributed by atoms with Crippen LogP contribution in [0.5, 0.6) is 0 Å². The van der Waals surface area contributed by atoms with Gasteiger partial charge in [0.05, 0.1) is 31.5 Å². The molecule has 13 heteroatoms. The van der Waals surface area contributed by atoms with Gasteiger partial charge in [0.2, 0.25) is 11.8 Å². The lowest BCUT2D eigenvalue weighted by atomic mass is 9.62. The Morgan fingerprint density at radius 3 is 2.48 bits per heavy atom. The number of benzene rings is 2. The van der Waals surface area contributed by atoms with Crippen molar-refractivity contribution in [3.8, 4) is 0 Å². The first-order valence-corrected chi connectivity index (χ1v) is 18.5. The Morgan fingerprint density at radius 1 is 1.02 bits per heavy atom. The first-order valence-electron chi connectivity index (χ1n) is 18.5. The number of allylic oxidation sites excluding steroid dienone is 1. The lowest BCUT2D eigenvalue weighted by molar-refractivity contribution is -0.217. The fourth-order valence-electron chi connectivity index (χ4n) is 9.50. The number of rotatable bonds is 10. The predicted molar refractivity (Wildman–Crippen MR) is 183 cm³/mol. The summed E-state index contributed by atoms with van der Waals surface area (Å²) in [7, 11) is 0. The van der Waals surface area contributed by atoms with E-state index >= 15 is 0 Å². The molecule has 4 saturated heterocycles. The molecule has 7 aliphatic rings. The van der Waals surface area contributed by atoms with Crippen molar-refractivity contribution < 1.29 is 48.4 Å². The molecule has 3 aliphatic carbocycles. The highest BCUT2D eigenvalue weighted by Gasteiger charge is 2.76. The summed E-state index contributed by atoms with van der Waals surface area (Å²) in [6, 6.07) is 13.5. The van der Waals surface area contributed by atoms with Crippen molar-refractivity contribution in [3.05, 3.63) is 76.9 Å². The monoisotopic (exact) mass is 715 g/mol. The van der Waals surface area contributed by atoms with E-state index in [1.54, 1.807) is 0 Å². The van der Waals surface area contributed by atoms with Gasteiger partial charge in [0.25, 0.3) is 0 Å². The van der Waals surface area contributed by atoms with Crippen LogP contribution in [0.4, 0.5) is 0 Å². The van der Waals surface area contributed by atoms with Crippen LogP contribution >= 0.6 is 0 Å². The smallest absolute Gasteiger partial charge is 0.327 e. The quantitative estimate of drug-likeness (QED) is 0.207. The van der Waals surface area contributed by atoms with Crippen molar-refractivity contribution in [3.63, 3.8) is 0 Å². The van der Waals surface area contributed by atoms with Crippen LogP contribution < -0.4 is 10.6 Å². The Bertz CT molecular complexity index is 1740. The molecule has 11 atom stereocenters. The summed E-state index contributed by atoms with van der Waals surface area (Å²) in [6.45, 7) is 1.21. The zero-order valence-electron chi connectivity index (χ0n) is 29.0. The summed E-state index contributed by atoms with van der Waals surface area (Å²) >= 11 is 0. The van der Waals surface area contributed by atoms with Gasteiger partial charge in [-0.3, -0.25) is 19.2 Å². The average Bonchev–Trinajstić information content (AvgIpc) is 3.48. The number of fused-ring (bicyclic) bond motifs is 6. The lowest BCUT2D eigenvalue weighted by Gasteiger charge is -2.49. The summed E-state index contributed by atoms with van der Waals surface area (Å²) in [5, 5.41) is 26.6. The summed E-state index contributed by atoms with van der Waals surface area (Å²) < 4.78 is 25.2. The lowest BCUT2D eigenvalue weighted by Crippen LogP contribution is -2.71. The number of hydroxylamine groups is 2. The summed E-state index contributed by atoms with van der Waals surface area (Å²) in [4.78, 5) is 48.5. The molecule has 2 aromatic rings. The molecule has 2 saturated carbocycles. The highest BCUT2D eigenvalue weighted by atomic mass is 16.8. The van der Waals surface area contributed by atoms with Crippen LogP contribution in [0.25, 0.3) is 6.08 Å². The van der Waals surface area contributed by atoms with Crippen molar-refractivity contribution in [1.82, 2.24) is 15.7 Å². The number of carbonyl (C=O) groups excluding carboxylic acids is 3. The van der Waals surface area contributed by atoms with Crippen molar-refractivity contribution in [2.45, 2.75) is 113 Å². The maximum atomic E-state index is 14.7. The van der Waals surface area contributed by atoms with Gasteiger partial charge in [-0.15, -0.1) is 0 Å². The Balaban J connectivity index is 1.00. The first kappa shape index (κ1) is 34.1. The van der Waals surface area contributed by atoms with Crippen LogP contribution in [0.3, 0.4) is 0 Å². The van der Waals surface area contributed by atoms with E-state index in [0.717, 1.165) is 41.5 Å². The number of aliphatic hydroxyl groups is 2. The molecule has 2 amide bonds. The van der Waals surface area contributed by atoms with Gasteiger partial charge in [-0.1, -0.05) is 60.7 Å². The number of nitrogens with one attached hydrogen (secondary N) is 2. The number of hydrogen-bond acceptors (Lipinski definition) is 11. The van der Waals surface area contributed by atoms with E-state index < -0.39 is 71.6 Å². The van der Waals surface area contributed by atoms with Gasteiger partial charge in [0.15, 0.2) is 11.8 Å². The third kappa shape index (κ3) is 5.77. The third-order valence-electron chi connectivity index (χ3n) is 12.1. The van der Waals surface area contributed by atoms with Crippen LogP contribution in [0.1, 0.15) is 54.9 Å². The van der Waals surface area contributed by atoms with Crippen LogP contribution in [0.2, 0.25) is 0 Å². The molecule has 9 rings (SSSR count). The van der Waals surface area contributed by atoms with Gasteiger partial charge in [-0.2, -0.15) is 5.06 Å². The highest BCUT2D eigenvalue weighted by molar-refractivity contribution is 5.96. The fourth-order valence-corrected chi connectivity index (χ4v) is 9.50. The van der Waals surface area contributed by atoms with E-state index in [2.05, 4.69) is 22.8 Å². The number of hydrogen-bond donors (Lipinski definition) is 4. The Morgan fingerprint density at radius 2 is 1.77 bits per heavy atom. The van der Waals surface area contributed by atoms with Crippen LogP contribution in [-0.2, 0) is 57.6 Å². The minimum absolute atomic E-state index is 0.0516. The van der Waals surface area contributed by atoms with Crippen molar-refractivity contribution in [2.75, 3.05) is 13.2 Å². The molecule has 1 spiro atoms. The van der Waals surface area contributed by atoms with Crippen LogP contribution in [-0.4, -0.2) is 107 Å². The molecule has 52 heavy (non-hydrogen) atoms. The van der Waals surface area contributed by atoms with Crippen LogP contribution in [0.15, 0.2) is 54.6 Å². The number of nitrogens with zero attached hydrogens (tertiary/aromatic N) is 1. The molecule has 4 heterocycles. The molecule has 2 aromatic carbocycles. The highest BCUT2D eigenvalue weighted by Crippen LogP contribution is 2.58. The second-order valence-corrected chi connectivity index (χ2v) is 15.5. The largest absolute Gasteiger partial charge is 0.458 e. The normalized spacial score (nSPS) is 36.1. The minimum atomic E-state index is -1.53. The average molecular weight is 716 g/mol. The molecule has 4 aliphatic heterocycles. The number of ether oxygens (including phenoxy) is 4. The molecule has 13 nitrogen and oxygen atoms in total. The molecular formula is C39H45N3O10. The van der Waals surface area contributed by atoms with E-state index in [4.69, 9.17) is 23.8 Å². The van der Waals surface area contributed by atoms with Crippen molar-refractivity contribution >= 4 is 23.9 Å². The topological polar surface area (TPSA) is 168 Å². The molecule has 4 N–H and O–H groups in total. The minimum Gasteiger partial charge on any atom is -0.458 e. The molecular weight excluding hydrogens is 670 g/mol. The van der Waals surface area contributed by atoms with Gasteiger partial charge < -0.3 is 39.8 Å². The standard InChI is InChI=1S/C39H45N3O10/c1-21(44)30(35(45)40-14-15-43)41-37(47)39-19-29-31-32(51-38(50-31)17-25-4-2-3-5-26(25)18-38)34(39)52-42(33(39)36(46)49-29)20-24-10-7-22(8-11-24)6-9-23-12-13-27-28(16-23)48-27/h2-11,21,23,27-34,43-44H,12-20H2,1H3,(H,40,45)(H,41,47)/t21-,23?,27?,28?,29+,30+,31-,32-,33-,34+,39-/m0/s1. The van der Waals surface area contributed by atoms with E-state index in [1.165, 1.54) is 12.0 Å². The number of epoxide rings is 1. The predicted octanol–water partition coefficient (Wildman–Crippen LogP) is 1.32. The maximum Gasteiger partial charge on any atom is 0.327 e. The first-order chi connectivity index (χ1) is 25.2. The van der Waals surface area contributed by atoms with Gasteiger partial charge in [0, 0.05) is 25.8 Å². The van der Waals surface area contributed by atoms with E-state index in [0.29, 0.717) is 31.0 Å². The maximum absolute atomic E-state index is 14.7. The SMILES string of the molecule is C[C@H](O)[C@@H](NC(=O)[C@@]12C[C@H]3OC(=O)[C@@H]1N(Cc1ccc(C=CC4CCC5OC5C4)cc1)O[C@@H]2[C@H]1OC2(Cc4ccccc4C2)O[C@H]13)C(=O)NCCO. The van der Waals surface area contributed by atoms with Crippen molar-refractivity contribution in [2.24, 2.45) is 11.3 Å². The summed E-state index contributed by atoms with van der Waals surface area (Å²) in [5.41, 5.74) is 2.61. The van der Waals surface area contributed by atoms with Gasteiger partial charge in [0.1, 0.15) is 35.9 Å². The van der Waals surface area contributed by atoms with Crippen LogP contribution in [0, 0.1) is 11.3 Å². The zero-order valence-corrected chi connectivity index (χ0v) is 29.0. The van der Waals surface area contributed by atoms with Crippen molar-refractivity contribution in [1.29, 1.82) is 0 Å².